The number of benzene rings is 2. The van der Waals surface area contributed by atoms with E-state index in [1.54, 1.807) is 0 Å². The minimum atomic E-state index is -0.474. The number of nitrogens with one attached hydrogen (secondary N) is 1. The monoisotopic (exact) mass is 375 g/mol. The fraction of sp³-hybridized carbons (Fsp3) is 0.316. The van der Waals surface area contributed by atoms with Gasteiger partial charge < -0.3 is 10.1 Å². The molecule has 0 aliphatic heterocycles. The van der Waals surface area contributed by atoms with Gasteiger partial charge in [-0.2, -0.15) is 0 Å². The van der Waals surface area contributed by atoms with E-state index >= 15 is 0 Å². The van der Waals surface area contributed by atoms with Crippen LogP contribution in [0, 0.1) is 0 Å². The minimum absolute atomic E-state index is 0.392. The highest BCUT2D eigenvalue weighted by Gasteiger charge is 2.15. The number of halogens is 1. The molecule has 0 unspecified atom stereocenters. The van der Waals surface area contributed by atoms with E-state index in [1.165, 1.54) is 11.1 Å². The quantitative estimate of drug-likeness (QED) is 0.810. The van der Waals surface area contributed by atoms with Crippen LogP contribution in [-0.2, 0) is 17.7 Å². The van der Waals surface area contributed by atoms with Crippen molar-refractivity contribution in [2.75, 3.05) is 0 Å². The zero-order valence-electron chi connectivity index (χ0n) is 13.7. The van der Waals surface area contributed by atoms with E-state index in [-0.39, 0.29) is 0 Å². The maximum atomic E-state index is 11.6. The lowest BCUT2D eigenvalue weighted by atomic mass is 10.0. The average Bonchev–Trinajstić information content (AvgIpc) is 2.47. The first-order valence-electron chi connectivity index (χ1n) is 7.61. The van der Waals surface area contributed by atoms with E-state index in [2.05, 4.69) is 57.6 Å². The lowest BCUT2D eigenvalue weighted by molar-refractivity contribution is 0.0523. The van der Waals surface area contributed by atoms with E-state index in [4.69, 9.17) is 4.74 Å². The molecule has 0 atom stereocenters. The summed E-state index contributed by atoms with van der Waals surface area (Å²) in [5.41, 5.74) is 3.09. The summed E-state index contributed by atoms with van der Waals surface area (Å²) in [5, 5.41) is 2.76. The van der Waals surface area contributed by atoms with Crippen LogP contribution >= 0.6 is 15.9 Å². The molecule has 23 heavy (non-hydrogen) atoms. The summed E-state index contributed by atoms with van der Waals surface area (Å²) in [4.78, 5) is 11.6. The highest BCUT2D eigenvalue weighted by atomic mass is 79.9. The first-order chi connectivity index (χ1) is 10.8. The van der Waals surface area contributed by atoms with E-state index in [9.17, 15) is 4.79 Å². The molecule has 2 rings (SSSR count). The second kappa shape index (κ2) is 7.64. The molecule has 0 saturated heterocycles. The Morgan fingerprint density at radius 2 is 1.43 bits per heavy atom. The molecule has 0 aliphatic carbocycles. The first-order valence-corrected chi connectivity index (χ1v) is 8.40. The predicted molar refractivity (Wildman–Crippen MR) is 96.5 cm³/mol. The highest BCUT2D eigenvalue weighted by molar-refractivity contribution is 9.10. The molecule has 1 amide bonds. The normalized spacial score (nSPS) is 11.1. The van der Waals surface area contributed by atoms with Crippen molar-refractivity contribution in [3.8, 4) is 0 Å². The summed E-state index contributed by atoms with van der Waals surface area (Å²) in [6, 6.07) is 16.6. The molecule has 3 nitrogen and oxygen atoms in total. The summed E-state index contributed by atoms with van der Waals surface area (Å²) in [6.07, 6.45) is 0.504. The standard InChI is InChI=1S/C19H22BrNO2/c1-19(2,3)23-18(22)21-13-16-6-4-14(5-7-16)12-15-8-10-17(20)11-9-15/h4-11H,12-13H2,1-3H3,(H,21,22). The van der Waals surface area contributed by atoms with Crippen molar-refractivity contribution in [1.29, 1.82) is 0 Å². The van der Waals surface area contributed by atoms with Crippen molar-refractivity contribution < 1.29 is 9.53 Å². The number of amides is 1. The Balaban J connectivity index is 1.87. The Morgan fingerprint density at radius 1 is 0.957 bits per heavy atom. The van der Waals surface area contributed by atoms with Gasteiger partial charge in [-0.05, 0) is 56.0 Å². The van der Waals surface area contributed by atoms with Crippen molar-refractivity contribution >= 4 is 22.0 Å². The van der Waals surface area contributed by atoms with Crippen molar-refractivity contribution in [3.63, 3.8) is 0 Å². The van der Waals surface area contributed by atoms with Gasteiger partial charge in [-0.25, -0.2) is 4.79 Å². The number of ether oxygens (including phenoxy) is 1. The average molecular weight is 376 g/mol. The van der Waals surface area contributed by atoms with Gasteiger partial charge >= 0.3 is 6.09 Å². The molecule has 0 radical (unpaired) electrons. The van der Waals surface area contributed by atoms with E-state index in [0.717, 1.165) is 16.5 Å². The lowest BCUT2D eigenvalue weighted by Crippen LogP contribution is -2.32. The SMILES string of the molecule is CC(C)(C)OC(=O)NCc1ccc(Cc2ccc(Br)cc2)cc1. The Morgan fingerprint density at radius 3 is 1.96 bits per heavy atom. The third kappa shape index (κ3) is 6.45. The minimum Gasteiger partial charge on any atom is -0.444 e. The second-order valence-corrected chi connectivity index (χ2v) is 7.39. The molecule has 2 aromatic rings. The van der Waals surface area contributed by atoms with Crippen LogP contribution in [0.15, 0.2) is 53.0 Å². The zero-order chi connectivity index (χ0) is 16.9. The molecule has 4 heteroatoms. The van der Waals surface area contributed by atoms with Crippen LogP contribution in [0.25, 0.3) is 0 Å². The van der Waals surface area contributed by atoms with Gasteiger partial charge in [-0.3, -0.25) is 0 Å². The number of alkyl carbamates (subject to hydrolysis) is 1. The molecule has 122 valence electrons. The maximum Gasteiger partial charge on any atom is 0.407 e. The molecule has 0 saturated carbocycles. The predicted octanol–water partition coefficient (Wildman–Crippen LogP) is 5.06. The van der Waals surface area contributed by atoms with Crippen molar-refractivity contribution in [1.82, 2.24) is 5.32 Å². The molecular weight excluding hydrogens is 354 g/mol. The summed E-state index contributed by atoms with van der Waals surface area (Å²) in [7, 11) is 0. The van der Waals surface area contributed by atoms with Gasteiger partial charge in [0.05, 0.1) is 0 Å². The summed E-state index contributed by atoms with van der Waals surface area (Å²) in [5.74, 6) is 0. The number of hydrogen-bond acceptors (Lipinski definition) is 2. The second-order valence-electron chi connectivity index (χ2n) is 6.48. The molecule has 0 fully saturated rings. The van der Waals surface area contributed by atoms with Crippen LogP contribution in [0.1, 0.15) is 37.5 Å². The van der Waals surface area contributed by atoms with Crippen LogP contribution in [0.2, 0.25) is 0 Å². The number of rotatable bonds is 4. The van der Waals surface area contributed by atoms with Gasteiger partial charge in [0, 0.05) is 11.0 Å². The van der Waals surface area contributed by atoms with E-state index in [0.29, 0.717) is 6.54 Å². The Labute approximate surface area is 146 Å². The fourth-order valence-electron chi connectivity index (χ4n) is 2.10. The Bertz CT molecular complexity index is 643. The van der Waals surface area contributed by atoms with E-state index < -0.39 is 11.7 Å². The Hall–Kier alpha value is -1.81. The molecular formula is C19H22BrNO2. The van der Waals surface area contributed by atoms with Crippen molar-refractivity contribution in [3.05, 3.63) is 69.7 Å². The van der Waals surface area contributed by atoms with Gasteiger partial charge in [0.25, 0.3) is 0 Å². The zero-order valence-corrected chi connectivity index (χ0v) is 15.3. The fourth-order valence-corrected chi connectivity index (χ4v) is 2.37. The van der Waals surface area contributed by atoms with Crippen molar-refractivity contribution in [2.24, 2.45) is 0 Å². The number of carbonyl (C=O) groups excluding carboxylic acids is 1. The molecule has 0 aromatic heterocycles. The molecule has 0 heterocycles. The van der Waals surface area contributed by atoms with E-state index in [1.807, 2.05) is 32.9 Å². The number of carbonyl (C=O) groups is 1. The topological polar surface area (TPSA) is 38.3 Å². The first kappa shape index (κ1) is 17.5. The van der Waals surface area contributed by atoms with Crippen LogP contribution < -0.4 is 5.32 Å². The van der Waals surface area contributed by atoms with Crippen LogP contribution in [0.4, 0.5) is 4.79 Å². The van der Waals surface area contributed by atoms with Gasteiger partial charge in [0.1, 0.15) is 5.60 Å². The third-order valence-electron chi connectivity index (χ3n) is 3.18. The lowest BCUT2D eigenvalue weighted by Gasteiger charge is -2.19. The van der Waals surface area contributed by atoms with Crippen LogP contribution in [-0.4, -0.2) is 11.7 Å². The van der Waals surface area contributed by atoms with Gasteiger partial charge in [0.2, 0.25) is 0 Å². The molecule has 2 aromatic carbocycles. The van der Waals surface area contributed by atoms with Gasteiger partial charge in [-0.1, -0.05) is 52.3 Å². The largest absolute Gasteiger partial charge is 0.444 e. The van der Waals surface area contributed by atoms with Crippen LogP contribution in [0.3, 0.4) is 0 Å². The molecule has 0 spiro atoms. The summed E-state index contributed by atoms with van der Waals surface area (Å²) in [6.45, 7) is 6.02. The van der Waals surface area contributed by atoms with Gasteiger partial charge in [0.15, 0.2) is 0 Å². The van der Waals surface area contributed by atoms with Crippen molar-refractivity contribution in [2.45, 2.75) is 39.3 Å². The maximum absolute atomic E-state index is 11.6. The third-order valence-corrected chi connectivity index (χ3v) is 3.71. The smallest absolute Gasteiger partial charge is 0.407 e. The molecule has 0 bridgehead atoms. The Kier molecular flexibility index (Phi) is 5.83. The summed E-state index contributed by atoms with van der Waals surface area (Å²) < 4.78 is 6.31. The molecule has 0 aliphatic rings. The van der Waals surface area contributed by atoms with Gasteiger partial charge in [-0.15, -0.1) is 0 Å². The summed E-state index contributed by atoms with van der Waals surface area (Å²) >= 11 is 3.44. The van der Waals surface area contributed by atoms with Crippen LogP contribution in [0.5, 0.6) is 0 Å². The molecule has 1 N–H and O–H groups in total. The number of hydrogen-bond donors (Lipinski definition) is 1. The highest BCUT2D eigenvalue weighted by Crippen LogP contribution is 2.15.